The number of rotatable bonds is 6. The van der Waals surface area contributed by atoms with Crippen molar-refractivity contribution in [2.75, 3.05) is 12.1 Å². The van der Waals surface area contributed by atoms with E-state index in [0.29, 0.717) is 22.7 Å². The van der Waals surface area contributed by atoms with Crippen LogP contribution in [0.5, 0.6) is 11.5 Å². The first kappa shape index (κ1) is 18.9. The van der Waals surface area contributed by atoms with Crippen LogP contribution < -0.4 is 14.8 Å². The van der Waals surface area contributed by atoms with E-state index in [4.69, 9.17) is 14.2 Å². The zero-order valence-corrected chi connectivity index (χ0v) is 14.8. The number of hydrogen-bond donors (Lipinski definition) is 1. The monoisotopic (exact) mass is 384 g/mol. The van der Waals surface area contributed by atoms with Crippen LogP contribution in [-0.4, -0.2) is 29.7 Å². The predicted molar refractivity (Wildman–Crippen MR) is 98.9 cm³/mol. The number of nitrogens with one attached hydrogen (secondary N) is 1. The van der Waals surface area contributed by atoms with Crippen LogP contribution in [0.25, 0.3) is 6.08 Å². The number of amides is 1. The van der Waals surface area contributed by atoms with Crippen LogP contribution in [0.1, 0.15) is 12.5 Å². The lowest BCUT2D eigenvalue weighted by Crippen LogP contribution is -2.29. The van der Waals surface area contributed by atoms with Gasteiger partial charge in [-0.2, -0.15) is 0 Å². The van der Waals surface area contributed by atoms with Gasteiger partial charge in [-0.15, -0.1) is 0 Å². The van der Waals surface area contributed by atoms with E-state index in [1.54, 1.807) is 18.2 Å². The number of carbonyl (C=O) groups excluding carboxylic acids is 2. The second-order valence-corrected chi connectivity index (χ2v) is 5.82. The van der Waals surface area contributed by atoms with E-state index in [1.807, 2.05) is 0 Å². The van der Waals surface area contributed by atoms with Gasteiger partial charge >= 0.3 is 5.97 Å². The molecular formula is C19H16N2O7. The summed E-state index contributed by atoms with van der Waals surface area (Å²) in [6, 6.07) is 10.6. The highest BCUT2D eigenvalue weighted by atomic mass is 16.7. The number of esters is 1. The van der Waals surface area contributed by atoms with Gasteiger partial charge in [-0.25, -0.2) is 4.79 Å². The molecule has 1 aliphatic heterocycles. The third kappa shape index (κ3) is 4.64. The minimum atomic E-state index is -1.03. The number of anilines is 1. The molecule has 9 nitrogen and oxygen atoms in total. The summed E-state index contributed by atoms with van der Waals surface area (Å²) in [5.74, 6) is -0.107. The molecule has 0 fully saturated rings. The minimum Gasteiger partial charge on any atom is -0.454 e. The number of non-ortho nitro benzene ring substituents is 1. The number of hydrogen-bond acceptors (Lipinski definition) is 7. The van der Waals surface area contributed by atoms with Crippen LogP contribution >= 0.6 is 0 Å². The molecule has 0 saturated heterocycles. The average molecular weight is 384 g/mol. The van der Waals surface area contributed by atoms with E-state index in [9.17, 15) is 19.7 Å². The predicted octanol–water partition coefficient (Wildman–Crippen LogP) is 2.91. The summed E-state index contributed by atoms with van der Waals surface area (Å²) in [6.45, 7) is 1.57. The van der Waals surface area contributed by atoms with Crippen molar-refractivity contribution in [3.05, 3.63) is 64.2 Å². The Labute approximate surface area is 159 Å². The number of carbonyl (C=O) groups is 2. The molecule has 0 aromatic heterocycles. The van der Waals surface area contributed by atoms with Gasteiger partial charge in [0.2, 0.25) is 6.79 Å². The van der Waals surface area contributed by atoms with Gasteiger partial charge in [-0.05, 0) is 42.8 Å². The molecule has 144 valence electrons. The van der Waals surface area contributed by atoms with E-state index in [2.05, 4.69) is 5.32 Å². The highest BCUT2D eigenvalue weighted by Gasteiger charge is 2.19. The van der Waals surface area contributed by atoms with Crippen molar-refractivity contribution in [1.82, 2.24) is 0 Å². The normalized spacial score (nSPS) is 13.2. The van der Waals surface area contributed by atoms with E-state index < -0.39 is 22.9 Å². The molecule has 0 aliphatic carbocycles. The first-order chi connectivity index (χ1) is 13.4. The van der Waals surface area contributed by atoms with Gasteiger partial charge in [0.1, 0.15) is 0 Å². The molecule has 0 radical (unpaired) electrons. The van der Waals surface area contributed by atoms with Gasteiger partial charge in [0.25, 0.3) is 11.6 Å². The van der Waals surface area contributed by atoms with Crippen LogP contribution in [0.4, 0.5) is 11.4 Å². The molecule has 3 rings (SSSR count). The summed E-state index contributed by atoms with van der Waals surface area (Å²) in [5, 5.41) is 13.2. The first-order valence-electron chi connectivity index (χ1n) is 8.26. The molecule has 1 amide bonds. The quantitative estimate of drug-likeness (QED) is 0.352. The molecule has 0 saturated carbocycles. The lowest BCUT2D eigenvalue weighted by Gasteiger charge is -2.12. The Balaban J connectivity index is 1.53. The smallest absolute Gasteiger partial charge is 0.331 e. The maximum absolute atomic E-state index is 12.2. The third-order valence-corrected chi connectivity index (χ3v) is 3.82. The molecular weight excluding hydrogens is 368 g/mol. The number of ether oxygens (including phenoxy) is 3. The lowest BCUT2D eigenvalue weighted by atomic mass is 10.2. The van der Waals surface area contributed by atoms with Gasteiger partial charge in [0.05, 0.1) is 4.92 Å². The largest absolute Gasteiger partial charge is 0.454 e. The fourth-order valence-electron chi connectivity index (χ4n) is 2.36. The zero-order valence-electron chi connectivity index (χ0n) is 14.8. The molecule has 1 atom stereocenters. The number of nitro benzene ring substituents is 1. The SMILES string of the molecule is C[C@@H](OC(=O)/C=C/c1ccc([N+](=O)[O-])cc1)C(=O)Nc1ccc2c(c1)OCO2. The highest BCUT2D eigenvalue weighted by molar-refractivity contribution is 5.96. The van der Waals surface area contributed by atoms with Crippen molar-refractivity contribution in [3.8, 4) is 11.5 Å². The van der Waals surface area contributed by atoms with Crippen molar-refractivity contribution in [3.63, 3.8) is 0 Å². The Morgan fingerprint density at radius 3 is 2.61 bits per heavy atom. The van der Waals surface area contributed by atoms with Crippen molar-refractivity contribution < 1.29 is 28.7 Å². The average Bonchev–Trinajstić information content (AvgIpc) is 3.14. The number of fused-ring (bicyclic) bond motifs is 1. The molecule has 2 aromatic carbocycles. The zero-order chi connectivity index (χ0) is 20.1. The number of nitro groups is 1. The fourth-order valence-corrected chi connectivity index (χ4v) is 2.36. The van der Waals surface area contributed by atoms with Gasteiger partial charge < -0.3 is 19.5 Å². The van der Waals surface area contributed by atoms with Gasteiger partial charge in [0.15, 0.2) is 17.6 Å². The Hall–Kier alpha value is -3.88. The Bertz CT molecular complexity index is 938. The maximum atomic E-state index is 12.2. The first-order valence-corrected chi connectivity index (χ1v) is 8.26. The van der Waals surface area contributed by atoms with Crippen LogP contribution in [0.3, 0.4) is 0 Å². The van der Waals surface area contributed by atoms with Crippen LogP contribution in [-0.2, 0) is 14.3 Å². The van der Waals surface area contributed by atoms with Gasteiger partial charge in [-0.1, -0.05) is 0 Å². The molecule has 1 aliphatic rings. The summed E-state index contributed by atoms with van der Waals surface area (Å²) in [6.07, 6.45) is 1.56. The molecule has 2 aromatic rings. The topological polar surface area (TPSA) is 117 Å². The van der Waals surface area contributed by atoms with Crippen LogP contribution in [0, 0.1) is 10.1 Å². The highest BCUT2D eigenvalue weighted by Crippen LogP contribution is 2.34. The molecule has 1 heterocycles. The molecule has 0 spiro atoms. The summed E-state index contributed by atoms with van der Waals surface area (Å²) in [5.41, 5.74) is 1.02. The molecule has 0 unspecified atom stereocenters. The Morgan fingerprint density at radius 2 is 1.89 bits per heavy atom. The van der Waals surface area contributed by atoms with E-state index >= 15 is 0 Å². The maximum Gasteiger partial charge on any atom is 0.331 e. The molecule has 1 N–H and O–H groups in total. The van der Waals surface area contributed by atoms with Gasteiger partial charge in [-0.3, -0.25) is 14.9 Å². The summed E-state index contributed by atoms with van der Waals surface area (Å²) >= 11 is 0. The van der Waals surface area contributed by atoms with Gasteiger partial charge in [0, 0.05) is 30.0 Å². The summed E-state index contributed by atoms with van der Waals surface area (Å²) < 4.78 is 15.5. The third-order valence-electron chi connectivity index (χ3n) is 3.82. The summed E-state index contributed by atoms with van der Waals surface area (Å²) in [7, 11) is 0. The Morgan fingerprint density at radius 1 is 1.18 bits per heavy atom. The molecule has 9 heteroatoms. The fraction of sp³-hybridized carbons (Fsp3) is 0.158. The van der Waals surface area contributed by atoms with Crippen molar-refractivity contribution >= 4 is 29.3 Å². The number of nitrogens with zero attached hydrogens (tertiary/aromatic N) is 1. The number of benzene rings is 2. The standard InChI is InChI=1S/C19H16N2O7/c1-12(19(23)20-14-5-8-16-17(10-14)27-11-26-16)28-18(22)9-4-13-2-6-15(7-3-13)21(24)25/h2-10,12H,11H2,1H3,(H,20,23)/b9-4+/t12-/m1/s1. The van der Waals surface area contributed by atoms with Crippen LogP contribution in [0.2, 0.25) is 0 Å². The van der Waals surface area contributed by atoms with Crippen molar-refractivity contribution in [2.45, 2.75) is 13.0 Å². The lowest BCUT2D eigenvalue weighted by molar-refractivity contribution is -0.384. The van der Waals surface area contributed by atoms with Crippen molar-refractivity contribution in [1.29, 1.82) is 0 Å². The van der Waals surface area contributed by atoms with E-state index in [0.717, 1.165) is 6.08 Å². The second-order valence-electron chi connectivity index (χ2n) is 5.82. The van der Waals surface area contributed by atoms with E-state index in [-0.39, 0.29) is 12.5 Å². The van der Waals surface area contributed by atoms with Crippen LogP contribution in [0.15, 0.2) is 48.5 Å². The van der Waals surface area contributed by atoms with E-state index in [1.165, 1.54) is 37.3 Å². The minimum absolute atomic E-state index is 0.0477. The molecule has 28 heavy (non-hydrogen) atoms. The second kappa shape index (κ2) is 8.21. The van der Waals surface area contributed by atoms with Crippen molar-refractivity contribution in [2.24, 2.45) is 0 Å². The molecule has 0 bridgehead atoms. The summed E-state index contributed by atoms with van der Waals surface area (Å²) in [4.78, 5) is 34.2. The Kier molecular flexibility index (Phi) is 5.54.